The lowest BCUT2D eigenvalue weighted by molar-refractivity contribution is -0.154. The maximum atomic E-state index is 12.6. The lowest BCUT2D eigenvalue weighted by atomic mass is 10.1. The maximum absolute atomic E-state index is 12.6. The number of hydrogen-bond donors (Lipinski definition) is 3. The standard InChI is InChI=1S/C40H77O9P/c1-3-5-7-9-11-13-15-17-18-19-20-21-22-24-26-28-30-32-40(43)49-39(37-48-50(44,45)47-35-38(42)34-41)36-46-33-31-29-27-25-23-16-14-12-10-8-6-4-2/h10,12,17-18,38-39,41-42H,3-9,11,13-16,19-37H2,1-2H3,(H,44,45)/b12-10-,18-17-. The van der Waals surface area contributed by atoms with Gasteiger partial charge in [-0.1, -0.05) is 141 Å². The molecule has 0 radical (unpaired) electrons. The van der Waals surface area contributed by atoms with Gasteiger partial charge in [0.05, 0.1) is 26.4 Å². The van der Waals surface area contributed by atoms with Crippen LogP contribution in [0.4, 0.5) is 0 Å². The van der Waals surface area contributed by atoms with Crippen molar-refractivity contribution in [3.05, 3.63) is 24.3 Å². The Labute approximate surface area is 306 Å². The first-order valence-corrected chi connectivity index (χ1v) is 21.8. The molecule has 0 aromatic carbocycles. The summed E-state index contributed by atoms with van der Waals surface area (Å²) in [5.74, 6) is -0.389. The average Bonchev–Trinajstić information content (AvgIpc) is 3.10. The van der Waals surface area contributed by atoms with E-state index in [2.05, 4.69) is 38.2 Å². The van der Waals surface area contributed by atoms with Gasteiger partial charge in [-0.25, -0.2) is 4.57 Å². The van der Waals surface area contributed by atoms with Crippen LogP contribution in [0.15, 0.2) is 24.3 Å². The number of hydrogen-bond acceptors (Lipinski definition) is 8. The van der Waals surface area contributed by atoms with Crippen molar-refractivity contribution >= 4 is 13.8 Å². The molecule has 0 saturated carbocycles. The molecule has 0 bridgehead atoms. The minimum Gasteiger partial charge on any atom is -0.457 e. The lowest BCUT2D eigenvalue weighted by Gasteiger charge is -2.20. The van der Waals surface area contributed by atoms with E-state index < -0.39 is 33.2 Å². The van der Waals surface area contributed by atoms with E-state index in [9.17, 15) is 19.4 Å². The van der Waals surface area contributed by atoms with Crippen LogP contribution in [0.2, 0.25) is 0 Å². The molecule has 3 unspecified atom stereocenters. The fraction of sp³-hybridized carbons (Fsp3) is 0.875. The van der Waals surface area contributed by atoms with Crippen molar-refractivity contribution in [1.82, 2.24) is 0 Å². The number of phosphoric acid groups is 1. The van der Waals surface area contributed by atoms with E-state index in [1.54, 1.807) is 0 Å². The average molecular weight is 733 g/mol. The predicted octanol–water partition coefficient (Wildman–Crippen LogP) is 10.7. The highest BCUT2D eigenvalue weighted by molar-refractivity contribution is 7.47. The van der Waals surface area contributed by atoms with Crippen molar-refractivity contribution in [3.8, 4) is 0 Å². The van der Waals surface area contributed by atoms with E-state index in [0.29, 0.717) is 6.61 Å². The molecule has 0 spiro atoms. The van der Waals surface area contributed by atoms with Crippen molar-refractivity contribution in [1.29, 1.82) is 0 Å². The molecule has 296 valence electrons. The first kappa shape index (κ1) is 48.9. The molecule has 0 saturated heterocycles. The SMILES string of the molecule is CCCC/C=C\CCCCCCCCOCC(COP(=O)(O)OCC(O)CO)OC(=O)CCCCCCCCC/C=C\CCCCCCCC. The zero-order valence-corrected chi connectivity index (χ0v) is 33.0. The van der Waals surface area contributed by atoms with E-state index in [1.807, 2.05) is 0 Å². The van der Waals surface area contributed by atoms with Crippen LogP contribution in [0.25, 0.3) is 0 Å². The van der Waals surface area contributed by atoms with Gasteiger partial charge in [0.15, 0.2) is 0 Å². The van der Waals surface area contributed by atoms with Crippen molar-refractivity contribution < 1.29 is 43.0 Å². The minimum atomic E-state index is -4.51. The van der Waals surface area contributed by atoms with E-state index in [1.165, 1.54) is 103 Å². The summed E-state index contributed by atoms with van der Waals surface area (Å²) in [6, 6.07) is 0. The van der Waals surface area contributed by atoms with Gasteiger partial charge in [0.25, 0.3) is 0 Å². The quantitative estimate of drug-likeness (QED) is 0.0244. The third kappa shape index (κ3) is 36.7. The summed E-state index contributed by atoms with van der Waals surface area (Å²) in [6.07, 6.45) is 37.0. The van der Waals surface area contributed by atoms with E-state index in [4.69, 9.17) is 23.6 Å². The van der Waals surface area contributed by atoms with Gasteiger partial charge in [-0.05, 0) is 57.8 Å². The second-order valence-corrected chi connectivity index (χ2v) is 15.1. The Bertz CT molecular complexity index is 836. The monoisotopic (exact) mass is 733 g/mol. The Kier molecular flexibility index (Phi) is 36.9. The van der Waals surface area contributed by atoms with Gasteiger partial charge in [-0.2, -0.15) is 0 Å². The van der Waals surface area contributed by atoms with Crippen LogP contribution in [0, 0.1) is 0 Å². The first-order valence-electron chi connectivity index (χ1n) is 20.3. The molecule has 9 nitrogen and oxygen atoms in total. The maximum Gasteiger partial charge on any atom is 0.472 e. The van der Waals surface area contributed by atoms with Crippen LogP contribution in [0.1, 0.15) is 181 Å². The lowest BCUT2D eigenvalue weighted by Crippen LogP contribution is -2.29. The number of unbranched alkanes of at least 4 members (excludes halogenated alkanes) is 21. The second-order valence-electron chi connectivity index (χ2n) is 13.6. The smallest absolute Gasteiger partial charge is 0.457 e. The van der Waals surface area contributed by atoms with Gasteiger partial charge < -0.3 is 24.6 Å². The van der Waals surface area contributed by atoms with E-state index in [-0.39, 0.29) is 25.6 Å². The first-order chi connectivity index (χ1) is 24.3. The summed E-state index contributed by atoms with van der Waals surface area (Å²) >= 11 is 0. The molecule has 0 aromatic rings. The Morgan fingerprint density at radius 2 is 1.04 bits per heavy atom. The van der Waals surface area contributed by atoms with Crippen LogP contribution in [0.3, 0.4) is 0 Å². The molecule has 50 heavy (non-hydrogen) atoms. The molecule has 0 heterocycles. The largest absolute Gasteiger partial charge is 0.472 e. The summed E-state index contributed by atoms with van der Waals surface area (Å²) in [4.78, 5) is 22.5. The summed E-state index contributed by atoms with van der Waals surface area (Å²) < 4.78 is 33.3. The summed E-state index contributed by atoms with van der Waals surface area (Å²) in [5.41, 5.74) is 0. The number of aliphatic hydroxyl groups excluding tert-OH is 2. The normalized spacial score (nSPS) is 14.4. The van der Waals surface area contributed by atoms with Gasteiger partial charge in [0.2, 0.25) is 0 Å². The van der Waals surface area contributed by atoms with Crippen molar-refractivity contribution in [2.45, 2.75) is 193 Å². The number of carbonyl (C=O) groups is 1. The highest BCUT2D eigenvalue weighted by Gasteiger charge is 2.26. The van der Waals surface area contributed by atoms with Crippen LogP contribution in [-0.4, -0.2) is 66.3 Å². The topological polar surface area (TPSA) is 132 Å². The molecule has 0 amide bonds. The van der Waals surface area contributed by atoms with E-state index in [0.717, 1.165) is 57.8 Å². The molecular weight excluding hydrogens is 655 g/mol. The Balaban J connectivity index is 4.19. The molecule has 0 aliphatic rings. The number of esters is 1. The van der Waals surface area contributed by atoms with Crippen molar-refractivity contribution in [3.63, 3.8) is 0 Å². The molecule has 0 aromatic heterocycles. The molecule has 3 N–H and O–H groups in total. The Morgan fingerprint density at radius 3 is 1.56 bits per heavy atom. The third-order valence-corrected chi connectivity index (χ3v) is 9.56. The van der Waals surface area contributed by atoms with Gasteiger partial charge in [-0.15, -0.1) is 0 Å². The zero-order chi connectivity index (χ0) is 36.8. The molecule has 0 rings (SSSR count). The van der Waals surface area contributed by atoms with Crippen LogP contribution < -0.4 is 0 Å². The summed E-state index contributed by atoms with van der Waals surface area (Å²) in [6.45, 7) is 3.47. The number of allylic oxidation sites excluding steroid dienone is 4. The molecule has 0 aliphatic heterocycles. The number of phosphoric ester groups is 1. The predicted molar refractivity (Wildman–Crippen MR) is 205 cm³/mol. The fourth-order valence-electron chi connectivity index (χ4n) is 5.45. The number of rotatable bonds is 39. The second kappa shape index (κ2) is 37.7. The number of carbonyl (C=O) groups excluding carboxylic acids is 1. The molecule has 0 fully saturated rings. The van der Waals surface area contributed by atoms with E-state index >= 15 is 0 Å². The summed E-state index contributed by atoms with van der Waals surface area (Å²) in [7, 11) is -4.51. The molecule has 10 heteroatoms. The molecule has 3 atom stereocenters. The minimum absolute atomic E-state index is 0.0452. The van der Waals surface area contributed by atoms with Crippen LogP contribution in [-0.2, 0) is 27.9 Å². The van der Waals surface area contributed by atoms with Gasteiger partial charge in [0.1, 0.15) is 12.2 Å². The number of ether oxygens (including phenoxy) is 2. The van der Waals surface area contributed by atoms with Crippen LogP contribution in [0.5, 0.6) is 0 Å². The van der Waals surface area contributed by atoms with Gasteiger partial charge in [-0.3, -0.25) is 13.8 Å². The van der Waals surface area contributed by atoms with Crippen molar-refractivity contribution in [2.24, 2.45) is 0 Å². The third-order valence-electron chi connectivity index (χ3n) is 8.61. The number of aliphatic hydroxyl groups is 2. The van der Waals surface area contributed by atoms with Gasteiger partial charge >= 0.3 is 13.8 Å². The Morgan fingerprint density at radius 1 is 0.600 bits per heavy atom. The highest BCUT2D eigenvalue weighted by atomic mass is 31.2. The Hall–Kier alpha value is -1.06. The molecular formula is C40H77O9P. The van der Waals surface area contributed by atoms with Gasteiger partial charge in [0, 0.05) is 13.0 Å². The summed E-state index contributed by atoms with van der Waals surface area (Å²) in [5, 5.41) is 18.3. The molecule has 0 aliphatic carbocycles. The van der Waals surface area contributed by atoms with Crippen LogP contribution >= 0.6 is 7.82 Å². The fourth-order valence-corrected chi connectivity index (χ4v) is 6.24. The van der Waals surface area contributed by atoms with Crippen molar-refractivity contribution in [2.75, 3.05) is 33.0 Å². The highest BCUT2D eigenvalue weighted by Crippen LogP contribution is 2.43. The zero-order valence-electron chi connectivity index (χ0n) is 32.1.